The van der Waals surface area contributed by atoms with E-state index in [4.69, 9.17) is 11.6 Å². The molecule has 0 spiro atoms. The van der Waals surface area contributed by atoms with Crippen molar-refractivity contribution in [3.8, 4) is 0 Å². The average Bonchev–Trinajstić information content (AvgIpc) is 2.88. The molecule has 0 aliphatic carbocycles. The van der Waals surface area contributed by atoms with Gasteiger partial charge in [0.05, 0.1) is 6.04 Å². The number of aromatic nitrogens is 2. The molecule has 1 atom stereocenters. The fourth-order valence-electron chi connectivity index (χ4n) is 1.80. The van der Waals surface area contributed by atoms with Gasteiger partial charge in [-0.15, -0.1) is 11.3 Å². The summed E-state index contributed by atoms with van der Waals surface area (Å²) < 4.78 is 0. The van der Waals surface area contributed by atoms with Gasteiger partial charge in [0, 0.05) is 10.4 Å². The molecule has 0 radical (unpaired) electrons. The van der Waals surface area contributed by atoms with Gasteiger partial charge in [-0.3, -0.25) is 0 Å². The second-order valence-corrected chi connectivity index (χ2v) is 5.48. The number of thiophene rings is 1. The first-order chi connectivity index (χ1) is 8.72. The average molecular weight is 282 g/mol. The van der Waals surface area contributed by atoms with Crippen LogP contribution >= 0.6 is 22.9 Å². The van der Waals surface area contributed by atoms with Gasteiger partial charge >= 0.3 is 0 Å². The predicted octanol–water partition coefficient (Wildman–Crippen LogP) is 4.45. The molecule has 1 unspecified atom stereocenters. The summed E-state index contributed by atoms with van der Waals surface area (Å²) >= 11 is 7.77. The topological polar surface area (TPSA) is 37.8 Å². The third-order valence-corrected chi connectivity index (χ3v) is 4.16. The van der Waals surface area contributed by atoms with Gasteiger partial charge in [0.25, 0.3) is 0 Å². The second kappa shape index (κ2) is 6.16. The van der Waals surface area contributed by atoms with Crippen LogP contribution in [0.4, 0.5) is 5.82 Å². The van der Waals surface area contributed by atoms with E-state index in [-0.39, 0.29) is 0 Å². The van der Waals surface area contributed by atoms with Crippen LogP contribution in [0.2, 0.25) is 5.15 Å². The summed E-state index contributed by atoms with van der Waals surface area (Å²) in [6, 6.07) is 4.51. The van der Waals surface area contributed by atoms with E-state index >= 15 is 0 Å². The molecule has 0 saturated heterocycles. The Morgan fingerprint density at radius 1 is 1.44 bits per heavy atom. The summed E-state index contributed by atoms with van der Waals surface area (Å²) in [6.07, 6.45) is 3.68. The van der Waals surface area contributed by atoms with E-state index in [1.807, 2.05) is 6.92 Å². The Hall–Kier alpha value is -1.13. The molecule has 2 rings (SSSR count). The molecule has 2 heterocycles. The Kier molecular flexibility index (Phi) is 4.55. The molecular formula is C13H16ClN3S. The van der Waals surface area contributed by atoms with E-state index in [2.05, 4.69) is 39.7 Å². The number of nitrogens with zero attached hydrogens (tertiary/aromatic N) is 2. The van der Waals surface area contributed by atoms with Crippen molar-refractivity contribution in [1.29, 1.82) is 0 Å². The summed E-state index contributed by atoms with van der Waals surface area (Å²) in [5, 5.41) is 6.07. The lowest BCUT2D eigenvalue weighted by Gasteiger charge is -2.18. The zero-order chi connectivity index (χ0) is 13.0. The minimum absolute atomic E-state index is 0.291. The van der Waals surface area contributed by atoms with E-state index in [1.54, 1.807) is 11.3 Å². The maximum Gasteiger partial charge on any atom is 0.137 e. The minimum atomic E-state index is 0.291. The lowest BCUT2D eigenvalue weighted by Crippen LogP contribution is -2.11. The van der Waals surface area contributed by atoms with Crippen LogP contribution in [0.15, 0.2) is 23.8 Å². The zero-order valence-corrected chi connectivity index (χ0v) is 12.1. The molecule has 2 aromatic rings. The van der Waals surface area contributed by atoms with Gasteiger partial charge in [0.15, 0.2) is 0 Å². The fraction of sp³-hybridized carbons (Fsp3) is 0.385. The molecule has 1 N–H and O–H groups in total. The third kappa shape index (κ3) is 3.00. The van der Waals surface area contributed by atoms with Crippen molar-refractivity contribution in [3.05, 3.63) is 39.4 Å². The normalized spacial score (nSPS) is 12.4. The standard InChI is InChI=1S/C13H16ClN3S/c1-3-5-10(11-6-4-7-18-11)17-13-9(2)12(14)15-8-16-13/h4,6-8,10H,3,5H2,1-2H3,(H,15,16,17). The van der Waals surface area contributed by atoms with Crippen LogP contribution in [0.25, 0.3) is 0 Å². The molecular weight excluding hydrogens is 266 g/mol. The van der Waals surface area contributed by atoms with Gasteiger partial charge in [-0.25, -0.2) is 9.97 Å². The second-order valence-electron chi connectivity index (χ2n) is 4.14. The SMILES string of the molecule is CCCC(Nc1ncnc(Cl)c1C)c1cccs1. The van der Waals surface area contributed by atoms with Crippen LogP contribution in [-0.4, -0.2) is 9.97 Å². The molecule has 0 bridgehead atoms. The van der Waals surface area contributed by atoms with Gasteiger partial charge < -0.3 is 5.32 Å². The van der Waals surface area contributed by atoms with Crippen molar-refractivity contribution in [3.63, 3.8) is 0 Å². The Labute approximate surface area is 116 Å². The van der Waals surface area contributed by atoms with Crippen LogP contribution < -0.4 is 5.32 Å². The highest BCUT2D eigenvalue weighted by molar-refractivity contribution is 7.10. The first kappa shape index (κ1) is 13.3. The first-order valence-electron chi connectivity index (χ1n) is 5.99. The van der Waals surface area contributed by atoms with Gasteiger partial charge in [0.2, 0.25) is 0 Å². The molecule has 5 heteroatoms. The van der Waals surface area contributed by atoms with Crippen LogP contribution in [0.1, 0.15) is 36.2 Å². The zero-order valence-electron chi connectivity index (χ0n) is 10.5. The molecule has 2 aromatic heterocycles. The number of halogens is 1. The molecule has 0 amide bonds. The summed E-state index contributed by atoms with van der Waals surface area (Å²) in [5.74, 6) is 0.821. The molecule has 0 saturated carbocycles. The lowest BCUT2D eigenvalue weighted by molar-refractivity contribution is 0.683. The Morgan fingerprint density at radius 3 is 2.94 bits per heavy atom. The number of nitrogens with one attached hydrogen (secondary N) is 1. The van der Waals surface area contributed by atoms with E-state index in [9.17, 15) is 0 Å². The molecule has 0 aliphatic heterocycles. The molecule has 3 nitrogen and oxygen atoms in total. The van der Waals surface area contributed by atoms with E-state index in [1.165, 1.54) is 11.2 Å². The van der Waals surface area contributed by atoms with Crippen LogP contribution in [0.5, 0.6) is 0 Å². The summed E-state index contributed by atoms with van der Waals surface area (Å²) in [4.78, 5) is 9.57. The van der Waals surface area contributed by atoms with E-state index in [0.29, 0.717) is 11.2 Å². The Bertz CT molecular complexity index is 499. The lowest BCUT2D eigenvalue weighted by atomic mass is 10.1. The molecule has 0 aromatic carbocycles. The van der Waals surface area contributed by atoms with Crippen molar-refractivity contribution in [2.24, 2.45) is 0 Å². The fourth-order valence-corrected chi connectivity index (χ4v) is 2.75. The molecule has 0 fully saturated rings. The molecule has 96 valence electrons. The maximum absolute atomic E-state index is 6.01. The van der Waals surface area contributed by atoms with Crippen LogP contribution in [-0.2, 0) is 0 Å². The van der Waals surface area contributed by atoms with Gasteiger partial charge in [-0.1, -0.05) is 31.0 Å². The Morgan fingerprint density at radius 2 is 2.28 bits per heavy atom. The number of rotatable bonds is 5. The first-order valence-corrected chi connectivity index (χ1v) is 7.25. The van der Waals surface area contributed by atoms with Crippen molar-refractivity contribution >= 4 is 28.8 Å². The maximum atomic E-state index is 6.01. The van der Waals surface area contributed by atoms with Crippen LogP contribution in [0, 0.1) is 6.92 Å². The van der Waals surface area contributed by atoms with Gasteiger partial charge in [0.1, 0.15) is 17.3 Å². The van der Waals surface area contributed by atoms with Gasteiger partial charge in [-0.2, -0.15) is 0 Å². The van der Waals surface area contributed by atoms with Crippen molar-refractivity contribution in [1.82, 2.24) is 9.97 Å². The predicted molar refractivity (Wildman–Crippen MR) is 77.4 cm³/mol. The monoisotopic (exact) mass is 281 g/mol. The number of hydrogen-bond donors (Lipinski definition) is 1. The highest BCUT2D eigenvalue weighted by Gasteiger charge is 2.14. The van der Waals surface area contributed by atoms with Crippen molar-refractivity contribution < 1.29 is 0 Å². The summed E-state index contributed by atoms with van der Waals surface area (Å²) in [5.41, 5.74) is 0.900. The number of hydrogen-bond acceptors (Lipinski definition) is 4. The highest BCUT2D eigenvalue weighted by atomic mass is 35.5. The molecule has 0 aliphatic rings. The summed E-state index contributed by atoms with van der Waals surface area (Å²) in [6.45, 7) is 4.12. The van der Waals surface area contributed by atoms with Crippen molar-refractivity contribution in [2.75, 3.05) is 5.32 Å². The van der Waals surface area contributed by atoms with Crippen molar-refractivity contribution in [2.45, 2.75) is 32.7 Å². The number of anilines is 1. The highest BCUT2D eigenvalue weighted by Crippen LogP contribution is 2.28. The minimum Gasteiger partial charge on any atom is -0.362 e. The largest absolute Gasteiger partial charge is 0.362 e. The Balaban J connectivity index is 2.21. The van der Waals surface area contributed by atoms with E-state index < -0.39 is 0 Å². The summed E-state index contributed by atoms with van der Waals surface area (Å²) in [7, 11) is 0. The third-order valence-electron chi connectivity index (χ3n) is 2.80. The quantitative estimate of drug-likeness (QED) is 0.823. The van der Waals surface area contributed by atoms with Crippen LogP contribution in [0.3, 0.4) is 0 Å². The molecule has 18 heavy (non-hydrogen) atoms. The van der Waals surface area contributed by atoms with Gasteiger partial charge in [-0.05, 0) is 24.8 Å². The smallest absolute Gasteiger partial charge is 0.137 e. The van der Waals surface area contributed by atoms with E-state index in [0.717, 1.165) is 24.2 Å².